The SMILES string of the molecule is O=[N+]([O-])c1ccc(NCC2CCCC2)c(Br)c1. The van der Waals surface area contributed by atoms with Crippen LogP contribution in [0.1, 0.15) is 25.7 Å². The minimum Gasteiger partial charge on any atom is -0.384 e. The second-order valence-corrected chi connectivity index (χ2v) is 5.31. The maximum atomic E-state index is 10.6. The first-order valence-electron chi connectivity index (χ1n) is 5.84. The summed E-state index contributed by atoms with van der Waals surface area (Å²) in [7, 11) is 0. The van der Waals surface area contributed by atoms with Gasteiger partial charge in [-0.1, -0.05) is 12.8 Å². The van der Waals surface area contributed by atoms with E-state index < -0.39 is 0 Å². The summed E-state index contributed by atoms with van der Waals surface area (Å²) in [4.78, 5) is 10.2. The van der Waals surface area contributed by atoms with E-state index in [9.17, 15) is 10.1 Å². The number of benzene rings is 1. The second-order valence-electron chi connectivity index (χ2n) is 4.45. The molecule has 1 saturated carbocycles. The van der Waals surface area contributed by atoms with Gasteiger partial charge < -0.3 is 5.32 Å². The van der Waals surface area contributed by atoms with Crippen LogP contribution in [0.25, 0.3) is 0 Å². The Morgan fingerprint density at radius 2 is 2.12 bits per heavy atom. The van der Waals surface area contributed by atoms with Crippen LogP contribution >= 0.6 is 15.9 Å². The second kappa shape index (κ2) is 5.49. The van der Waals surface area contributed by atoms with Gasteiger partial charge in [0.1, 0.15) is 0 Å². The van der Waals surface area contributed by atoms with Crippen LogP contribution in [0.2, 0.25) is 0 Å². The van der Waals surface area contributed by atoms with Gasteiger partial charge in [0.2, 0.25) is 0 Å². The number of hydrogen-bond donors (Lipinski definition) is 1. The number of halogens is 1. The van der Waals surface area contributed by atoms with Crippen LogP contribution in [0, 0.1) is 16.0 Å². The van der Waals surface area contributed by atoms with Gasteiger partial charge in [0, 0.05) is 28.8 Å². The lowest BCUT2D eigenvalue weighted by Gasteiger charge is -2.12. The van der Waals surface area contributed by atoms with Crippen molar-refractivity contribution < 1.29 is 4.92 Å². The van der Waals surface area contributed by atoms with Crippen molar-refractivity contribution >= 4 is 27.3 Å². The third kappa shape index (κ3) is 3.19. The highest BCUT2D eigenvalue weighted by Crippen LogP contribution is 2.29. The first kappa shape index (κ1) is 12.4. The lowest BCUT2D eigenvalue weighted by Crippen LogP contribution is -2.11. The van der Waals surface area contributed by atoms with E-state index in [1.165, 1.54) is 37.8 Å². The fourth-order valence-electron chi connectivity index (χ4n) is 2.23. The lowest BCUT2D eigenvalue weighted by atomic mass is 10.1. The average Bonchev–Trinajstić information content (AvgIpc) is 2.80. The molecule has 0 spiro atoms. The zero-order chi connectivity index (χ0) is 12.3. The first-order valence-corrected chi connectivity index (χ1v) is 6.64. The molecule has 17 heavy (non-hydrogen) atoms. The predicted octanol–water partition coefficient (Wildman–Crippen LogP) is 3.96. The monoisotopic (exact) mass is 298 g/mol. The number of nitrogens with one attached hydrogen (secondary N) is 1. The Morgan fingerprint density at radius 3 is 2.71 bits per heavy atom. The number of nitro benzene ring substituents is 1. The molecule has 1 N–H and O–H groups in total. The molecular weight excluding hydrogens is 284 g/mol. The van der Waals surface area contributed by atoms with E-state index in [0.717, 1.165) is 22.6 Å². The van der Waals surface area contributed by atoms with Gasteiger partial charge in [0.15, 0.2) is 0 Å². The topological polar surface area (TPSA) is 55.2 Å². The minimum atomic E-state index is -0.383. The summed E-state index contributed by atoms with van der Waals surface area (Å²) in [6.07, 6.45) is 5.23. The van der Waals surface area contributed by atoms with Crippen molar-refractivity contribution in [3.63, 3.8) is 0 Å². The van der Waals surface area contributed by atoms with E-state index in [4.69, 9.17) is 0 Å². The van der Waals surface area contributed by atoms with Crippen molar-refractivity contribution in [1.29, 1.82) is 0 Å². The van der Waals surface area contributed by atoms with Crippen LogP contribution < -0.4 is 5.32 Å². The molecular formula is C12H15BrN2O2. The molecule has 0 saturated heterocycles. The van der Waals surface area contributed by atoms with Crippen molar-refractivity contribution in [3.8, 4) is 0 Å². The summed E-state index contributed by atoms with van der Waals surface area (Å²) >= 11 is 3.36. The van der Waals surface area contributed by atoms with Crippen LogP contribution in [-0.2, 0) is 0 Å². The van der Waals surface area contributed by atoms with Gasteiger partial charge in [0.05, 0.1) is 4.92 Å². The van der Waals surface area contributed by atoms with Crippen molar-refractivity contribution in [3.05, 3.63) is 32.8 Å². The van der Waals surface area contributed by atoms with E-state index >= 15 is 0 Å². The normalized spacial score (nSPS) is 16.1. The zero-order valence-electron chi connectivity index (χ0n) is 9.49. The van der Waals surface area contributed by atoms with Gasteiger partial charge in [-0.2, -0.15) is 0 Å². The summed E-state index contributed by atoms with van der Waals surface area (Å²) in [6, 6.07) is 4.83. The van der Waals surface area contributed by atoms with Crippen LogP contribution in [0.5, 0.6) is 0 Å². The fourth-order valence-corrected chi connectivity index (χ4v) is 2.74. The maximum absolute atomic E-state index is 10.6. The van der Waals surface area contributed by atoms with E-state index in [2.05, 4.69) is 21.2 Å². The minimum absolute atomic E-state index is 0.114. The van der Waals surface area contributed by atoms with E-state index in [0.29, 0.717) is 0 Å². The summed E-state index contributed by atoms with van der Waals surface area (Å²) in [5.74, 6) is 0.747. The summed E-state index contributed by atoms with van der Waals surface area (Å²) in [6.45, 7) is 0.955. The van der Waals surface area contributed by atoms with Gasteiger partial charge >= 0.3 is 0 Å². The van der Waals surface area contributed by atoms with Crippen LogP contribution in [0.15, 0.2) is 22.7 Å². The lowest BCUT2D eigenvalue weighted by molar-refractivity contribution is -0.384. The molecule has 0 bridgehead atoms. The van der Waals surface area contributed by atoms with Gasteiger partial charge in [-0.05, 0) is 40.8 Å². The molecule has 1 aliphatic carbocycles. The van der Waals surface area contributed by atoms with E-state index in [1.807, 2.05) is 0 Å². The van der Waals surface area contributed by atoms with Crippen LogP contribution in [0.3, 0.4) is 0 Å². The quantitative estimate of drug-likeness (QED) is 0.676. The summed E-state index contributed by atoms with van der Waals surface area (Å²) < 4.78 is 0.754. The highest BCUT2D eigenvalue weighted by Gasteiger charge is 2.15. The number of nitrogens with zero attached hydrogens (tertiary/aromatic N) is 1. The van der Waals surface area contributed by atoms with Crippen molar-refractivity contribution in [1.82, 2.24) is 0 Å². The third-order valence-corrected chi connectivity index (χ3v) is 3.88. The Bertz CT molecular complexity index is 417. The molecule has 0 aliphatic heterocycles. The Labute approximate surface area is 109 Å². The molecule has 0 heterocycles. The highest BCUT2D eigenvalue weighted by atomic mass is 79.9. The van der Waals surface area contributed by atoms with E-state index in [-0.39, 0.29) is 10.6 Å². The van der Waals surface area contributed by atoms with Gasteiger partial charge in [0.25, 0.3) is 5.69 Å². The smallest absolute Gasteiger partial charge is 0.270 e. The van der Waals surface area contributed by atoms with Gasteiger partial charge in [-0.25, -0.2) is 0 Å². The molecule has 0 atom stereocenters. The Hall–Kier alpha value is -1.10. The molecule has 92 valence electrons. The first-order chi connectivity index (χ1) is 8.16. The number of non-ortho nitro benzene ring substituents is 1. The molecule has 1 aliphatic rings. The summed E-state index contributed by atoms with van der Waals surface area (Å²) in [5.41, 5.74) is 1.05. The Balaban J connectivity index is 1.98. The molecule has 0 radical (unpaired) electrons. The van der Waals surface area contributed by atoms with Crippen LogP contribution in [-0.4, -0.2) is 11.5 Å². The van der Waals surface area contributed by atoms with Crippen molar-refractivity contribution in [2.24, 2.45) is 5.92 Å². The van der Waals surface area contributed by atoms with Gasteiger partial charge in [-0.3, -0.25) is 10.1 Å². The number of nitro groups is 1. The average molecular weight is 299 g/mol. The molecule has 0 amide bonds. The van der Waals surface area contributed by atoms with Crippen molar-refractivity contribution in [2.45, 2.75) is 25.7 Å². The number of hydrogen-bond acceptors (Lipinski definition) is 3. The molecule has 5 heteroatoms. The Morgan fingerprint density at radius 1 is 1.41 bits per heavy atom. The summed E-state index contributed by atoms with van der Waals surface area (Å²) in [5, 5.41) is 13.9. The molecule has 1 aromatic carbocycles. The fraction of sp³-hybridized carbons (Fsp3) is 0.500. The van der Waals surface area contributed by atoms with E-state index in [1.54, 1.807) is 6.07 Å². The highest BCUT2D eigenvalue weighted by molar-refractivity contribution is 9.10. The molecule has 4 nitrogen and oxygen atoms in total. The van der Waals surface area contributed by atoms with Crippen molar-refractivity contribution in [2.75, 3.05) is 11.9 Å². The Kier molecular flexibility index (Phi) is 3.99. The molecule has 1 fully saturated rings. The molecule has 0 unspecified atom stereocenters. The van der Waals surface area contributed by atoms with Gasteiger partial charge in [-0.15, -0.1) is 0 Å². The largest absolute Gasteiger partial charge is 0.384 e. The molecule has 2 rings (SSSR count). The van der Waals surface area contributed by atoms with Crippen LogP contribution in [0.4, 0.5) is 11.4 Å². The number of anilines is 1. The molecule has 1 aromatic rings. The molecule has 0 aromatic heterocycles. The third-order valence-electron chi connectivity index (χ3n) is 3.22. The number of rotatable bonds is 4. The predicted molar refractivity (Wildman–Crippen MR) is 71.2 cm³/mol. The maximum Gasteiger partial charge on any atom is 0.270 e. The zero-order valence-corrected chi connectivity index (χ0v) is 11.1. The standard InChI is InChI=1S/C12H15BrN2O2/c13-11-7-10(15(16)17)5-6-12(11)14-8-9-3-1-2-4-9/h5-7,9,14H,1-4,8H2.